The molecule has 1 N–H and O–H groups in total. The third kappa shape index (κ3) is 4.87. The molecular weight excluding hydrogens is 450 g/mol. The maximum absolute atomic E-state index is 13.2. The van der Waals surface area contributed by atoms with Gasteiger partial charge in [-0.15, -0.1) is 0 Å². The van der Waals surface area contributed by atoms with Crippen molar-refractivity contribution in [3.8, 4) is 0 Å². The van der Waals surface area contributed by atoms with Crippen molar-refractivity contribution >= 4 is 28.8 Å². The average Bonchev–Trinajstić information content (AvgIpc) is 3.47. The minimum Gasteiger partial charge on any atom is -0.467 e. The van der Waals surface area contributed by atoms with Gasteiger partial charge in [-0.25, -0.2) is 9.79 Å². The Hall–Kier alpha value is -3.52. The van der Waals surface area contributed by atoms with Gasteiger partial charge in [0.2, 0.25) is 5.91 Å². The fraction of sp³-hybridized carbons (Fsp3) is 0.269. The van der Waals surface area contributed by atoms with E-state index in [2.05, 4.69) is 23.0 Å². The molecule has 2 aromatic rings. The zero-order valence-electron chi connectivity index (χ0n) is 19.5. The van der Waals surface area contributed by atoms with Crippen LogP contribution in [0.25, 0.3) is 0 Å². The summed E-state index contributed by atoms with van der Waals surface area (Å²) in [5, 5.41) is 5.55. The molecule has 34 heavy (non-hydrogen) atoms. The van der Waals surface area contributed by atoms with Crippen LogP contribution < -0.4 is 5.32 Å². The lowest BCUT2D eigenvalue weighted by Crippen LogP contribution is -2.38. The van der Waals surface area contributed by atoms with E-state index in [4.69, 9.17) is 9.15 Å². The number of ether oxygens (including phenoxy) is 1. The molecule has 0 spiro atoms. The number of hydrogen-bond donors (Lipinski definition) is 1. The average molecular weight is 478 g/mol. The summed E-state index contributed by atoms with van der Waals surface area (Å²) in [6, 6.07) is 9.30. The monoisotopic (exact) mass is 477 g/mol. The molecule has 8 heteroatoms. The van der Waals surface area contributed by atoms with Crippen LogP contribution in [-0.2, 0) is 20.9 Å². The summed E-state index contributed by atoms with van der Waals surface area (Å²) in [5.41, 5.74) is 4.93. The molecular formula is C26H27N3O4S. The summed E-state index contributed by atoms with van der Waals surface area (Å²) in [4.78, 5) is 32.6. The van der Waals surface area contributed by atoms with E-state index in [0.717, 1.165) is 27.6 Å². The van der Waals surface area contributed by atoms with Crippen molar-refractivity contribution < 1.29 is 18.7 Å². The molecule has 2 aliphatic rings. The van der Waals surface area contributed by atoms with Gasteiger partial charge in [0, 0.05) is 5.70 Å². The lowest BCUT2D eigenvalue weighted by molar-refractivity contribution is -0.138. The first kappa shape index (κ1) is 23.6. The summed E-state index contributed by atoms with van der Waals surface area (Å²) in [5.74, 6) is 0.0957. The maximum Gasteiger partial charge on any atom is 0.338 e. The summed E-state index contributed by atoms with van der Waals surface area (Å²) >= 11 is 1.45. The van der Waals surface area contributed by atoms with Crippen LogP contribution in [0.4, 0.5) is 0 Å². The number of benzene rings is 1. The fourth-order valence-corrected chi connectivity index (χ4v) is 4.98. The van der Waals surface area contributed by atoms with E-state index in [-0.39, 0.29) is 18.9 Å². The molecule has 0 saturated heterocycles. The minimum absolute atomic E-state index is 0.109. The van der Waals surface area contributed by atoms with Crippen LogP contribution in [0.1, 0.15) is 41.8 Å². The van der Waals surface area contributed by atoms with Crippen LogP contribution in [-0.4, -0.2) is 28.6 Å². The number of aliphatic imine (C=N–C) groups is 1. The lowest BCUT2D eigenvalue weighted by Gasteiger charge is -2.37. The van der Waals surface area contributed by atoms with Gasteiger partial charge in [-0.05, 0) is 49.4 Å². The van der Waals surface area contributed by atoms with Gasteiger partial charge in [-0.3, -0.25) is 4.79 Å². The first-order chi connectivity index (χ1) is 16.4. The van der Waals surface area contributed by atoms with Crippen LogP contribution in [0.5, 0.6) is 0 Å². The number of rotatable bonds is 8. The highest BCUT2D eigenvalue weighted by Gasteiger charge is 2.41. The number of allylic oxidation sites excluding steroid dienone is 1. The topological polar surface area (TPSA) is 84.1 Å². The second-order valence-corrected chi connectivity index (χ2v) is 9.01. The van der Waals surface area contributed by atoms with Crippen molar-refractivity contribution in [2.45, 2.75) is 39.8 Å². The molecule has 7 nitrogen and oxygen atoms in total. The van der Waals surface area contributed by atoms with Gasteiger partial charge in [0.1, 0.15) is 12.4 Å². The number of carbonyl (C=O) groups is 2. The number of thioether (sulfide) groups is 1. The predicted molar refractivity (Wildman–Crippen MR) is 133 cm³/mol. The highest BCUT2D eigenvalue weighted by Crippen LogP contribution is 2.45. The highest BCUT2D eigenvalue weighted by molar-refractivity contribution is 8.16. The number of aryl methyl sites for hydroxylation is 2. The first-order valence-electron chi connectivity index (χ1n) is 11.0. The molecule has 1 aromatic heterocycles. The Morgan fingerprint density at radius 1 is 1.29 bits per heavy atom. The van der Waals surface area contributed by atoms with E-state index >= 15 is 0 Å². The van der Waals surface area contributed by atoms with Gasteiger partial charge >= 0.3 is 5.97 Å². The van der Waals surface area contributed by atoms with Crippen molar-refractivity contribution in [1.82, 2.24) is 10.2 Å². The number of carbonyl (C=O) groups excluding carboxylic acids is 2. The molecule has 1 aromatic carbocycles. The van der Waals surface area contributed by atoms with Gasteiger partial charge in [0.05, 0.1) is 36.5 Å². The normalized spacial score (nSPS) is 17.1. The molecule has 0 aliphatic carbocycles. The number of fused-ring (bicyclic) bond motifs is 1. The summed E-state index contributed by atoms with van der Waals surface area (Å²) in [6.45, 7) is 9.92. The molecule has 1 atom stereocenters. The second kappa shape index (κ2) is 10.2. The third-order valence-corrected chi connectivity index (χ3v) is 6.55. The smallest absolute Gasteiger partial charge is 0.338 e. The van der Waals surface area contributed by atoms with Gasteiger partial charge in [0.25, 0.3) is 0 Å². The number of nitrogens with zero attached hydrogens (tertiary/aromatic N) is 2. The van der Waals surface area contributed by atoms with Gasteiger partial charge in [0.15, 0.2) is 5.17 Å². The maximum atomic E-state index is 13.2. The lowest BCUT2D eigenvalue weighted by atomic mass is 9.90. The van der Waals surface area contributed by atoms with Crippen LogP contribution in [0.3, 0.4) is 0 Å². The molecule has 176 valence electrons. The molecule has 2 aliphatic heterocycles. The second-order valence-electron chi connectivity index (χ2n) is 8.17. The minimum atomic E-state index is -0.455. The van der Waals surface area contributed by atoms with Gasteiger partial charge < -0.3 is 19.4 Å². The van der Waals surface area contributed by atoms with E-state index in [1.54, 1.807) is 18.4 Å². The zero-order valence-corrected chi connectivity index (χ0v) is 20.3. The highest BCUT2D eigenvalue weighted by atomic mass is 32.2. The first-order valence-corrected chi connectivity index (χ1v) is 11.9. The van der Waals surface area contributed by atoms with Crippen molar-refractivity contribution in [2.24, 2.45) is 4.99 Å². The number of amidine groups is 1. The molecule has 1 amide bonds. The van der Waals surface area contributed by atoms with Gasteiger partial charge in [-0.2, -0.15) is 0 Å². The third-order valence-electron chi connectivity index (χ3n) is 5.66. The summed E-state index contributed by atoms with van der Waals surface area (Å²) in [6.07, 6.45) is 3.26. The largest absolute Gasteiger partial charge is 0.467 e. The van der Waals surface area contributed by atoms with Crippen molar-refractivity contribution in [2.75, 3.05) is 6.61 Å². The van der Waals surface area contributed by atoms with Crippen molar-refractivity contribution in [1.29, 1.82) is 0 Å². The standard InChI is InChI=1S/C26H27N3O4S/c1-5-10-33-25(31)23-18(4)28-26-29(24(23)21-12-16(2)8-9-17(21)3)19(15-34-26)13-22(30)27-14-20-7-6-11-32-20/h5-9,11-12,15,24H,1,10,13-14H2,2-4H3,(H,27,30)/t24-/m1/s1. The number of esters is 1. The molecule has 0 bridgehead atoms. The number of furan rings is 1. The fourth-order valence-electron chi connectivity index (χ4n) is 4.02. The Morgan fingerprint density at radius 3 is 2.85 bits per heavy atom. The van der Waals surface area contributed by atoms with E-state index in [9.17, 15) is 9.59 Å². The van der Waals surface area contributed by atoms with E-state index in [1.807, 2.05) is 49.3 Å². The number of amides is 1. The van der Waals surface area contributed by atoms with Crippen LogP contribution >= 0.6 is 11.8 Å². The predicted octanol–water partition coefficient (Wildman–Crippen LogP) is 4.91. The van der Waals surface area contributed by atoms with Crippen LogP contribution in [0, 0.1) is 13.8 Å². The molecule has 0 unspecified atom stereocenters. The molecule has 0 saturated carbocycles. The molecule has 0 radical (unpaired) electrons. The van der Waals surface area contributed by atoms with E-state index in [0.29, 0.717) is 23.6 Å². The SMILES string of the molecule is C=CCOC(=O)C1=C(C)N=C2SC=C(CC(=O)NCc3ccco3)N2[C@@H]1c1cc(C)ccc1C. The molecule has 4 rings (SSSR count). The van der Waals surface area contributed by atoms with E-state index < -0.39 is 12.0 Å². The Kier molecular flexibility index (Phi) is 7.07. The Morgan fingerprint density at radius 2 is 2.12 bits per heavy atom. The number of hydrogen-bond acceptors (Lipinski definition) is 7. The summed E-state index contributed by atoms with van der Waals surface area (Å²) in [7, 11) is 0. The van der Waals surface area contributed by atoms with Crippen LogP contribution in [0.15, 0.2) is 81.0 Å². The van der Waals surface area contributed by atoms with Crippen molar-refractivity contribution in [3.05, 3.63) is 94.1 Å². The summed E-state index contributed by atoms with van der Waals surface area (Å²) < 4.78 is 10.7. The molecule has 3 heterocycles. The van der Waals surface area contributed by atoms with Gasteiger partial charge in [-0.1, -0.05) is 48.2 Å². The van der Waals surface area contributed by atoms with Crippen LogP contribution in [0.2, 0.25) is 0 Å². The quantitative estimate of drug-likeness (QED) is 0.430. The number of nitrogens with one attached hydrogen (secondary N) is 1. The Bertz CT molecular complexity index is 1210. The Balaban J connectivity index is 1.67. The Labute approximate surface area is 203 Å². The zero-order chi connectivity index (χ0) is 24.2. The molecule has 0 fully saturated rings. The van der Waals surface area contributed by atoms with Crippen molar-refractivity contribution in [3.63, 3.8) is 0 Å². The van der Waals surface area contributed by atoms with E-state index in [1.165, 1.54) is 11.8 Å².